The van der Waals surface area contributed by atoms with Crippen LogP contribution < -0.4 is 21.8 Å². The number of nitrogens with two attached hydrogens (primary N) is 1. The van der Waals surface area contributed by atoms with Crippen molar-refractivity contribution in [2.75, 3.05) is 6.54 Å². The molecule has 1 saturated heterocycles. The van der Waals surface area contributed by atoms with Crippen LogP contribution in [0.4, 0.5) is 0 Å². The molecule has 0 radical (unpaired) electrons. The molecule has 1 aliphatic heterocycles. The van der Waals surface area contributed by atoms with Crippen molar-refractivity contribution in [1.82, 2.24) is 21.1 Å². The lowest BCUT2D eigenvalue weighted by atomic mass is 9.99. The van der Waals surface area contributed by atoms with Crippen LogP contribution in [0.5, 0.6) is 0 Å². The van der Waals surface area contributed by atoms with Crippen molar-refractivity contribution in [1.29, 1.82) is 0 Å². The summed E-state index contributed by atoms with van der Waals surface area (Å²) >= 11 is 0. The van der Waals surface area contributed by atoms with E-state index in [9.17, 15) is 19.2 Å². The summed E-state index contributed by atoms with van der Waals surface area (Å²) in [5.74, 6) is -1.85. The summed E-state index contributed by atoms with van der Waals surface area (Å²) in [6.45, 7) is 11.2. The Morgan fingerprint density at radius 3 is 2.40 bits per heavy atom. The van der Waals surface area contributed by atoms with E-state index in [2.05, 4.69) is 22.6 Å². The fourth-order valence-corrected chi connectivity index (χ4v) is 3.28. The first kappa shape index (κ1) is 25.6. The number of rotatable bonds is 11. The quantitative estimate of drug-likeness (QED) is 0.285. The number of nitrogens with zero attached hydrogens (tertiary/aromatic N) is 1. The first-order chi connectivity index (χ1) is 14.1. The molecule has 4 atom stereocenters. The van der Waals surface area contributed by atoms with Crippen LogP contribution >= 0.6 is 0 Å². The maximum atomic E-state index is 12.8. The maximum Gasteiger partial charge on any atom is 0.258 e. The number of carbonyl (C=O) groups excluding carboxylic acids is 4. The largest absolute Gasteiger partial charge is 0.368 e. The molecule has 1 fully saturated rings. The van der Waals surface area contributed by atoms with Crippen molar-refractivity contribution >= 4 is 23.6 Å². The Kier molecular flexibility index (Phi) is 10.5. The Morgan fingerprint density at radius 1 is 1.17 bits per heavy atom. The summed E-state index contributed by atoms with van der Waals surface area (Å²) in [5.41, 5.74) is 8.13. The minimum absolute atomic E-state index is 0.149. The van der Waals surface area contributed by atoms with Gasteiger partial charge in [-0.25, -0.2) is 5.43 Å². The number of hydrogen-bond donors (Lipinski definition) is 4. The van der Waals surface area contributed by atoms with Crippen LogP contribution in [-0.2, 0) is 19.2 Å². The van der Waals surface area contributed by atoms with Crippen molar-refractivity contribution in [3.63, 3.8) is 0 Å². The molecule has 0 aromatic carbocycles. The van der Waals surface area contributed by atoms with Gasteiger partial charge < -0.3 is 16.4 Å². The summed E-state index contributed by atoms with van der Waals surface area (Å²) in [5, 5.41) is 6.82. The Hall–Kier alpha value is -2.42. The average molecular weight is 424 g/mol. The molecule has 0 aromatic heterocycles. The molecule has 0 saturated carbocycles. The number of carbonyl (C=O) groups is 4. The molecule has 0 bridgehead atoms. The Morgan fingerprint density at radius 2 is 1.83 bits per heavy atom. The molecule has 170 valence electrons. The fourth-order valence-electron chi connectivity index (χ4n) is 3.28. The van der Waals surface area contributed by atoms with E-state index >= 15 is 0 Å². The molecular formula is C21H37N5O4. The highest BCUT2D eigenvalue weighted by atomic mass is 16.2. The van der Waals surface area contributed by atoms with Gasteiger partial charge in [0.15, 0.2) is 0 Å². The molecule has 4 amide bonds. The third-order valence-corrected chi connectivity index (χ3v) is 5.26. The summed E-state index contributed by atoms with van der Waals surface area (Å²) < 4.78 is 0. The first-order valence-corrected chi connectivity index (χ1v) is 10.7. The van der Waals surface area contributed by atoms with Crippen LogP contribution in [-0.4, -0.2) is 53.3 Å². The first-order valence-electron chi connectivity index (χ1n) is 10.7. The zero-order valence-corrected chi connectivity index (χ0v) is 18.6. The molecule has 9 heteroatoms. The van der Waals surface area contributed by atoms with Gasteiger partial charge in [0.1, 0.15) is 18.1 Å². The average Bonchev–Trinajstić information content (AvgIpc) is 2.70. The highest BCUT2D eigenvalue weighted by Crippen LogP contribution is 2.12. The number of hydrazine groups is 1. The minimum Gasteiger partial charge on any atom is -0.368 e. The molecule has 0 spiro atoms. The molecule has 1 heterocycles. The minimum atomic E-state index is -0.820. The number of unbranched alkanes of at least 4 members (excludes halogenated alkanes) is 1. The summed E-state index contributed by atoms with van der Waals surface area (Å²) in [6, 6.07) is -2.17. The van der Waals surface area contributed by atoms with E-state index in [1.807, 2.05) is 26.8 Å². The standard InChI is InChI=1S/C21H37N5O4/c1-6-7-8-10-14(4)19(28)24-17(13(2)3)20(29)23-15(5)21(30)26-12-9-11-16(25-26)18(22)27/h6,13-17,25H,1,7-12H2,2-5H3,(H2,22,27)(H,23,29)(H,24,28). The molecule has 5 N–H and O–H groups in total. The van der Waals surface area contributed by atoms with Crippen LogP contribution in [0.25, 0.3) is 0 Å². The molecule has 1 rings (SSSR count). The second kappa shape index (κ2) is 12.3. The smallest absolute Gasteiger partial charge is 0.258 e. The fraction of sp³-hybridized carbons (Fsp3) is 0.714. The van der Waals surface area contributed by atoms with E-state index in [-0.39, 0.29) is 23.7 Å². The summed E-state index contributed by atoms with van der Waals surface area (Å²) in [7, 11) is 0. The summed E-state index contributed by atoms with van der Waals surface area (Å²) in [4.78, 5) is 49.3. The number of allylic oxidation sites excluding steroid dienone is 1. The van der Waals surface area contributed by atoms with Gasteiger partial charge >= 0.3 is 0 Å². The van der Waals surface area contributed by atoms with Gasteiger partial charge in [-0.05, 0) is 44.9 Å². The van der Waals surface area contributed by atoms with E-state index in [1.165, 1.54) is 5.01 Å². The van der Waals surface area contributed by atoms with E-state index in [0.717, 1.165) is 12.8 Å². The van der Waals surface area contributed by atoms with Gasteiger partial charge in [0, 0.05) is 12.5 Å². The molecular weight excluding hydrogens is 386 g/mol. The van der Waals surface area contributed by atoms with E-state index in [1.54, 1.807) is 6.92 Å². The molecule has 0 aliphatic carbocycles. The maximum absolute atomic E-state index is 12.8. The van der Waals surface area contributed by atoms with E-state index < -0.39 is 29.9 Å². The second-order valence-electron chi connectivity index (χ2n) is 8.30. The van der Waals surface area contributed by atoms with Gasteiger partial charge in [0.25, 0.3) is 5.91 Å². The predicted molar refractivity (Wildman–Crippen MR) is 115 cm³/mol. The number of primary amides is 1. The highest BCUT2D eigenvalue weighted by molar-refractivity contribution is 5.92. The molecule has 4 unspecified atom stereocenters. The number of amides is 4. The van der Waals surface area contributed by atoms with Crippen molar-refractivity contribution in [2.45, 2.75) is 77.9 Å². The lowest BCUT2D eigenvalue weighted by Gasteiger charge is -2.34. The third kappa shape index (κ3) is 7.78. The second-order valence-corrected chi connectivity index (χ2v) is 8.30. The number of hydrogen-bond acceptors (Lipinski definition) is 5. The zero-order valence-electron chi connectivity index (χ0n) is 18.6. The normalized spacial score (nSPS) is 19.5. The van der Waals surface area contributed by atoms with Crippen molar-refractivity contribution in [3.05, 3.63) is 12.7 Å². The van der Waals surface area contributed by atoms with Crippen LogP contribution in [0, 0.1) is 11.8 Å². The SMILES string of the molecule is C=CCCCC(C)C(=O)NC(C(=O)NC(C)C(=O)N1CCCC(C(N)=O)N1)C(C)C. The van der Waals surface area contributed by atoms with Crippen LogP contribution in [0.15, 0.2) is 12.7 Å². The van der Waals surface area contributed by atoms with Gasteiger partial charge in [-0.15, -0.1) is 6.58 Å². The molecule has 1 aliphatic rings. The van der Waals surface area contributed by atoms with Crippen LogP contribution in [0.1, 0.15) is 59.8 Å². The van der Waals surface area contributed by atoms with Crippen molar-refractivity contribution < 1.29 is 19.2 Å². The Balaban J connectivity index is 2.66. The van der Waals surface area contributed by atoms with Crippen LogP contribution in [0.2, 0.25) is 0 Å². The highest BCUT2D eigenvalue weighted by Gasteiger charge is 2.32. The van der Waals surface area contributed by atoms with Gasteiger partial charge in [0.05, 0.1) is 0 Å². The van der Waals surface area contributed by atoms with E-state index in [0.29, 0.717) is 25.8 Å². The topological polar surface area (TPSA) is 134 Å². The van der Waals surface area contributed by atoms with Crippen molar-refractivity contribution in [3.8, 4) is 0 Å². The lowest BCUT2D eigenvalue weighted by Crippen LogP contribution is -2.61. The third-order valence-electron chi connectivity index (χ3n) is 5.26. The zero-order chi connectivity index (χ0) is 22.8. The van der Waals surface area contributed by atoms with Gasteiger partial charge in [0.2, 0.25) is 17.7 Å². The van der Waals surface area contributed by atoms with Gasteiger partial charge in [-0.1, -0.05) is 26.8 Å². The molecule has 30 heavy (non-hydrogen) atoms. The Labute approximate surface area is 179 Å². The van der Waals surface area contributed by atoms with Gasteiger partial charge in [-0.3, -0.25) is 24.2 Å². The number of nitrogens with one attached hydrogen (secondary N) is 3. The van der Waals surface area contributed by atoms with E-state index in [4.69, 9.17) is 5.73 Å². The van der Waals surface area contributed by atoms with Gasteiger partial charge in [-0.2, -0.15) is 0 Å². The van der Waals surface area contributed by atoms with Crippen molar-refractivity contribution in [2.24, 2.45) is 17.6 Å². The predicted octanol–water partition coefficient (Wildman–Crippen LogP) is 0.605. The summed E-state index contributed by atoms with van der Waals surface area (Å²) in [6.07, 6.45) is 5.43. The molecule has 0 aromatic rings. The lowest BCUT2D eigenvalue weighted by molar-refractivity contribution is -0.143. The molecule has 9 nitrogen and oxygen atoms in total. The Bertz CT molecular complexity index is 637. The van der Waals surface area contributed by atoms with Crippen LogP contribution in [0.3, 0.4) is 0 Å². The monoisotopic (exact) mass is 423 g/mol.